The molecule has 0 spiro atoms. The third-order valence-corrected chi connectivity index (χ3v) is 19.2. The van der Waals surface area contributed by atoms with E-state index in [1.807, 2.05) is 405 Å². The van der Waals surface area contributed by atoms with Crippen molar-refractivity contribution in [3.63, 3.8) is 0 Å². The number of thiophene rings is 2. The molecule has 21 rings (SSSR count). The molecule has 2 nitrogen and oxygen atoms in total. The fraction of sp³-hybridized carbons (Fsp3) is 0.269. The second kappa shape index (κ2) is 100. The molecule has 21 aromatic rings. The number of rotatable bonds is 2. The van der Waals surface area contributed by atoms with E-state index in [-0.39, 0.29) is 0 Å². The largest absolute Gasteiger partial charge is 0.456 e. The van der Waals surface area contributed by atoms with E-state index in [1.54, 1.807) is 0 Å². The predicted octanol–water partition coefficient (Wildman–Crippen LogP) is 47.8. The summed E-state index contributed by atoms with van der Waals surface area (Å²) in [5.74, 6) is 0. The number of hydrogen-bond acceptors (Lipinski definition) is 4. The first-order valence-corrected chi connectivity index (χ1v) is 53.8. The fourth-order valence-electron chi connectivity index (χ4n) is 11.9. The van der Waals surface area contributed by atoms with Crippen LogP contribution in [-0.2, 0) is 0 Å². The van der Waals surface area contributed by atoms with Gasteiger partial charge in [-0.15, -0.1) is 22.7 Å². The Labute approximate surface area is 851 Å². The van der Waals surface area contributed by atoms with E-state index in [9.17, 15) is 0 Å². The lowest BCUT2D eigenvalue weighted by atomic mass is 10.1. The Morgan fingerprint density at radius 1 is 0.109 bits per heavy atom. The van der Waals surface area contributed by atoms with Gasteiger partial charge < -0.3 is 8.83 Å². The molecule has 0 aliphatic rings. The highest BCUT2D eigenvalue weighted by molar-refractivity contribution is 7.26. The van der Waals surface area contributed by atoms with Crippen LogP contribution in [0, 0.1) is 0 Å². The van der Waals surface area contributed by atoms with E-state index in [2.05, 4.69) is 315 Å². The van der Waals surface area contributed by atoms with Gasteiger partial charge in [0.25, 0.3) is 0 Å². The highest BCUT2D eigenvalue weighted by Crippen LogP contribution is 2.35. The molecular formula is C134H182O2S2. The number of para-hydroxylation sites is 4. The maximum Gasteiger partial charge on any atom is 0.135 e. The normalized spacial score (nSPS) is 8.43. The molecule has 0 amide bonds. The van der Waals surface area contributed by atoms with Crippen LogP contribution in [0.2, 0.25) is 0 Å². The van der Waals surface area contributed by atoms with Crippen molar-refractivity contribution in [1.82, 2.24) is 0 Å². The Hall–Kier alpha value is -12.7. The molecule has 0 atom stereocenters. The third-order valence-electron chi connectivity index (χ3n) is 16.9. The average molecular weight is 1890 g/mol. The van der Waals surface area contributed by atoms with E-state index in [0.29, 0.717) is 0 Å². The Kier molecular flexibility index (Phi) is 98.8. The van der Waals surface area contributed by atoms with Crippen LogP contribution >= 0.6 is 22.7 Å². The Morgan fingerprint density at radius 3 is 0.370 bits per heavy atom. The minimum absolute atomic E-state index is 0.962. The third kappa shape index (κ3) is 51.5. The highest BCUT2D eigenvalue weighted by atomic mass is 32.1. The van der Waals surface area contributed by atoms with Gasteiger partial charge in [0.05, 0.1) is 0 Å². The van der Waals surface area contributed by atoms with Crippen LogP contribution in [0.5, 0.6) is 0 Å². The fourth-order valence-corrected chi connectivity index (χ4v) is 14.1. The summed E-state index contributed by atoms with van der Waals surface area (Å²) in [6, 6.07) is 154. The maximum absolute atomic E-state index is 5.65. The Bertz CT molecular complexity index is 5020. The first-order chi connectivity index (χ1) is 68.7. The van der Waals surface area contributed by atoms with Crippen LogP contribution in [0.15, 0.2) is 458 Å². The van der Waals surface area contributed by atoms with Crippen molar-refractivity contribution in [2.75, 3.05) is 0 Å². The Morgan fingerprint density at radius 2 is 0.217 bits per heavy atom. The molecule has 0 saturated heterocycles. The molecule has 0 fully saturated rings. The van der Waals surface area contributed by atoms with Crippen molar-refractivity contribution in [2.24, 2.45) is 0 Å². The van der Waals surface area contributed by atoms with Gasteiger partial charge in [-0.1, -0.05) is 650 Å². The van der Waals surface area contributed by atoms with Crippen LogP contribution in [0.25, 0.3) is 128 Å². The van der Waals surface area contributed by atoms with E-state index < -0.39 is 0 Å². The highest BCUT2D eigenvalue weighted by Gasteiger charge is 2.07. The van der Waals surface area contributed by atoms with Gasteiger partial charge >= 0.3 is 0 Å². The van der Waals surface area contributed by atoms with Gasteiger partial charge in [0.1, 0.15) is 22.3 Å². The summed E-state index contributed by atoms with van der Waals surface area (Å²) >= 11 is 3.72. The molecule has 0 unspecified atom stereocenters. The summed E-state index contributed by atoms with van der Waals surface area (Å²) in [6.07, 6.45) is 0. The van der Waals surface area contributed by atoms with Crippen molar-refractivity contribution in [2.45, 2.75) is 249 Å². The van der Waals surface area contributed by atoms with Crippen molar-refractivity contribution in [3.05, 3.63) is 449 Å². The van der Waals surface area contributed by atoms with Gasteiger partial charge in [0.15, 0.2) is 0 Å². The summed E-state index contributed by atoms with van der Waals surface area (Å²) in [5, 5.41) is 15.5. The molecule has 0 aliphatic carbocycles. The lowest BCUT2D eigenvalue weighted by molar-refractivity contribution is 0.668. The lowest BCUT2D eigenvalue weighted by Gasteiger charge is -1.98. The van der Waals surface area contributed by atoms with Gasteiger partial charge in [-0.05, 0) is 92.3 Å². The molecule has 17 aromatic carbocycles. The summed E-state index contributed by atoms with van der Waals surface area (Å²) < 4.78 is 16.8. The number of fused-ring (bicyclic) bond motifs is 14. The smallest absolute Gasteiger partial charge is 0.135 e. The van der Waals surface area contributed by atoms with E-state index >= 15 is 0 Å². The molecule has 4 heteroatoms. The van der Waals surface area contributed by atoms with Crippen LogP contribution in [-0.4, -0.2) is 0 Å². The minimum atomic E-state index is 0.962. The number of benzene rings is 17. The second-order valence-electron chi connectivity index (χ2n) is 23.7. The van der Waals surface area contributed by atoms with Crippen LogP contribution in [0.1, 0.15) is 249 Å². The lowest BCUT2D eigenvalue weighted by Crippen LogP contribution is -1.73. The molecule has 0 N–H and O–H groups in total. The molecule has 4 aromatic heterocycles. The van der Waals surface area contributed by atoms with Gasteiger partial charge in [-0.25, -0.2) is 0 Å². The first-order valence-electron chi connectivity index (χ1n) is 52.2. The van der Waals surface area contributed by atoms with Gasteiger partial charge in [-0.3, -0.25) is 0 Å². The molecule has 0 aliphatic heterocycles. The molecule has 0 bridgehead atoms. The summed E-state index contributed by atoms with van der Waals surface area (Å²) in [5.41, 5.74) is 8.95. The summed E-state index contributed by atoms with van der Waals surface area (Å²) in [7, 11) is 0. The Balaban J connectivity index is -0.000000342. The van der Waals surface area contributed by atoms with Crippen LogP contribution in [0.4, 0.5) is 0 Å². The zero-order valence-corrected chi connectivity index (χ0v) is 94.0. The number of furan rings is 2. The zero-order valence-electron chi connectivity index (χ0n) is 92.4. The maximum atomic E-state index is 5.65. The zero-order chi connectivity index (χ0) is 105. The molecule has 742 valence electrons. The molecule has 4 heterocycles. The van der Waals surface area contributed by atoms with E-state index in [0.717, 1.165) is 22.3 Å². The molecule has 0 saturated carbocycles. The molecule has 138 heavy (non-hydrogen) atoms. The van der Waals surface area contributed by atoms with Crippen LogP contribution in [0.3, 0.4) is 0 Å². The average Bonchev–Trinajstić information content (AvgIpc) is 1.67. The standard InChI is InChI=1S/2C12H8O.2C12H8S.2C12H10.2C10H8.C6H6.18C2H6/c4*1-3-7-11-9(5-1)10-6-2-4-8-12(10)13-11;2*1-3-7-11(8-4-1)12-9-5-2-6-10-12;2*1-2-6-10-8-4-3-7-9(10)5-1;1-2-4-6-5-3-1;18*1-2/h4*1-8H;2*1-10H;2*1-8H;1-6H;18*1-2H3. The molecule has 0 radical (unpaired) electrons. The molecular weight excluding hydrogens is 1710 g/mol. The van der Waals surface area contributed by atoms with Gasteiger partial charge in [-0.2, -0.15) is 0 Å². The predicted molar refractivity (Wildman–Crippen MR) is 648 cm³/mol. The van der Waals surface area contributed by atoms with Crippen molar-refractivity contribution >= 4 is 128 Å². The van der Waals surface area contributed by atoms with Crippen molar-refractivity contribution in [3.8, 4) is 22.3 Å². The van der Waals surface area contributed by atoms with E-state index in [1.165, 1.54) is 106 Å². The van der Waals surface area contributed by atoms with Crippen LogP contribution < -0.4 is 0 Å². The quantitative estimate of drug-likeness (QED) is 0.172. The second-order valence-corrected chi connectivity index (χ2v) is 25.9. The van der Waals surface area contributed by atoms with Crippen molar-refractivity contribution < 1.29 is 8.83 Å². The topological polar surface area (TPSA) is 26.3 Å². The first kappa shape index (κ1) is 136. The van der Waals surface area contributed by atoms with Gasteiger partial charge in [0.2, 0.25) is 0 Å². The SMILES string of the molecule is CC.CC.CC.CC.CC.CC.CC.CC.CC.CC.CC.CC.CC.CC.CC.CC.CC.CC.c1ccc(-c2ccccc2)cc1.c1ccc(-c2ccccc2)cc1.c1ccc2c(c1)oc1ccccc12.c1ccc2c(c1)oc1ccccc12.c1ccc2c(c1)sc1ccccc12.c1ccc2c(c1)sc1ccccc12.c1ccc2ccccc2c1.c1ccc2ccccc2c1.c1ccccc1. The van der Waals surface area contributed by atoms with E-state index in [4.69, 9.17) is 8.83 Å². The number of hydrogen-bond donors (Lipinski definition) is 0. The minimum Gasteiger partial charge on any atom is -0.456 e. The van der Waals surface area contributed by atoms with Crippen molar-refractivity contribution in [1.29, 1.82) is 0 Å². The monoisotopic (exact) mass is 1890 g/mol. The summed E-state index contributed by atoms with van der Waals surface area (Å²) in [6.45, 7) is 72.0. The summed E-state index contributed by atoms with van der Waals surface area (Å²) in [4.78, 5) is 0. The van der Waals surface area contributed by atoms with Gasteiger partial charge in [0, 0.05) is 61.9 Å².